The number of aryl methyl sites for hydroxylation is 1. The highest BCUT2D eigenvalue weighted by Gasteiger charge is 2.13. The molecule has 2 N–H and O–H groups in total. The van der Waals surface area contributed by atoms with Gasteiger partial charge >= 0.3 is 0 Å². The third kappa shape index (κ3) is 2.72. The van der Waals surface area contributed by atoms with E-state index in [1.807, 2.05) is 13.0 Å². The number of carbonyl (C=O) groups is 1. The second-order valence-electron chi connectivity index (χ2n) is 4.57. The molecule has 0 bridgehead atoms. The van der Waals surface area contributed by atoms with Crippen molar-refractivity contribution in [2.75, 3.05) is 11.9 Å². The number of benzene rings is 1. The minimum Gasteiger partial charge on any atom is -0.492 e. The molecule has 0 unspecified atom stereocenters. The van der Waals surface area contributed by atoms with Gasteiger partial charge in [0, 0.05) is 24.1 Å². The normalized spacial score (nSPS) is 10.2. The van der Waals surface area contributed by atoms with Crippen molar-refractivity contribution in [2.45, 2.75) is 20.8 Å². The number of carbonyl (C=O) groups excluding carboxylic acids is 1. The zero-order chi connectivity index (χ0) is 15.6. The van der Waals surface area contributed by atoms with Crippen LogP contribution in [-0.4, -0.2) is 17.5 Å². The molecule has 21 heavy (non-hydrogen) atoms. The fourth-order valence-electron chi connectivity index (χ4n) is 2.14. The highest BCUT2D eigenvalue weighted by molar-refractivity contribution is 5.95. The lowest BCUT2D eigenvalue weighted by Gasteiger charge is -2.12. The predicted octanol–water partition coefficient (Wildman–Crippen LogP) is 2.07. The standard InChI is InChI=1S/C15H15N3O3/c1-4-21-14-6-12-10(5-13(14)18-9(3)19)15(20)11(7-16)8(2)17-12/h5-6H,4H2,1-3H3,(H,17,20)(H,18,19). The molecule has 0 saturated carbocycles. The zero-order valence-corrected chi connectivity index (χ0v) is 12.0. The van der Waals surface area contributed by atoms with Gasteiger partial charge in [-0.3, -0.25) is 9.59 Å². The van der Waals surface area contributed by atoms with Gasteiger partial charge in [0.15, 0.2) is 0 Å². The summed E-state index contributed by atoms with van der Waals surface area (Å²) in [5, 5.41) is 12.0. The summed E-state index contributed by atoms with van der Waals surface area (Å²) in [4.78, 5) is 26.6. The van der Waals surface area contributed by atoms with E-state index >= 15 is 0 Å². The van der Waals surface area contributed by atoms with Gasteiger partial charge in [0.1, 0.15) is 17.4 Å². The van der Waals surface area contributed by atoms with Gasteiger partial charge in [0.2, 0.25) is 11.3 Å². The molecule has 1 amide bonds. The molecule has 0 spiro atoms. The van der Waals surface area contributed by atoms with Crippen molar-refractivity contribution in [2.24, 2.45) is 0 Å². The van der Waals surface area contributed by atoms with E-state index in [1.54, 1.807) is 13.0 Å². The topological polar surface area (TPSA) is 95.0 Å². The first kappa shape index (κ1) is 14.6. The summed E-state index contributed by atoms with van der Waals surface area (Å²) >= 11 is 0. The van der Waals surface area contributed by atoms with Crippen LogP contribution < -0.4 is 15.5 Å². The molecule has 0 atom stereocenters. The molecule has 0 radical (unpaired) electrons. The number of aromatic amines is 1. The smallest absolute Gasteiger partial charge is 0.221 e. The number of nitriles is 1. The number of aromatic nitrogens is 1. The lowest BCUT2D eigenvalue weighted by Crippen LogP contribution is -2.13. The number of nitrogens with zero attached hydrogens (tertiary/aromatic N) is 1. The quantitative estimate of drug-likeness (QED) is 0.902. The Labute approximate surface area is 121 Å². The van der Waals surface area contributed by atoms with Crippen molar-refractivity contribution in [3.05, 3.63) is 33.6 Å². The van der Waals surface area contributed by atoms with E-state index in [0.717, 1.165) is 0 Å². The van der Waals surface area contributed by atoms with Gasteiger partial charge in [-0.1, -0.05) is 0 Å². The Balaban J connectivity index is 2.78. The van der Waals surface area contributed by atoms with Crippen molar-refractivity contribution in [1.29, 1.82) is 5.26 Å². The Morgan fingerprint density at radius 2 is 2.19 bits per heavy atom. The number of hydrogen-bond acceptors (Lipinski definition) is 4. The summed E-state index contributed by atoms with van der Waals surface area (Å²) in [5.74, 6) is 0.208. The Hall–Kier alpha value is -2.81. The minimum absolute atomic E-state index is 0.0698. The van der Waals surface area contributed by atoms with Crippen LogP contribution in [0.4, 0.5) is 5.69 Å². The summed E-state index contributed by atoms with van der Waals surface area (Å²) < 4.78 is 5.48. The molecular formula is C15H15N3O3. The summed E-state index contributed by atoms with van der Waals surface area (Å²) in [6.07, 6.45) is 0. The van der Waals surface area contributed by atoms with Crippen LogP contribution in [0.3, 0.4) is 0 Å². The highest BCUT2D eigenvalue weighted by Crippen LogP contribution is 2.29. The van der Waals surface area contributed by atoms with Gasteiger partial charge in [-0.15, -0.1) is 0 Å². The number of nitrogens with one attached hydrogen (secondary N) is 2. The number of amides is 1. The molecule has 2 aromatic rings. The highest BCUT2D eigenvalue weighted by atomic mass is 16.5. The maximum atomic E-state index is 12.3. The largest absolute Gasteiger partial charge is 0.492 e. The van der Waals surface area contributed by atoms with Crippen LogP contribution in [-0.2, 0) is 4.79 Å². The van der Waals surface area contributed by atoms with Crippen LogP contribution in [0.15, 0.2) is 16.9 Å². The Morgan fingerprint density at radius 1 is 1.48 bits per heavy atom. The van der Waals surface area contributed by atoms with Crippen LogP contribution in [0, 0.1) is 18.3 Å². The summed E-state index contributed by atoms with van der Waals surface area (Å²) in [7, 11) is 0. The summed E-state index contributed by atoms with van der Waals surface area (Å²) in [6, 6.07) is 5.07. The van der Waals surface area contributed by atoms with Gasteiger partial charge in [-0.05, 0) is 19.9 Å². The molecule has 0 aliphatic heterocycles. The molecule has 6 nitrogen and oxygen atoms in total. The summed E-state index contributed by atoms with van der Waals surface area (Å²) in [5.41, 5.74) is 1.19. The third-order valence-corrected chi connectivity index (χ3v) is 3.01. The van der Waals surface area contributed by atoms with Gasteiger partial charge in [0.25, 0.3) is 0 Å². The number of anilines is 1. The van der Waals surface area contributed by atoms with Crippen LogP contribution in [0.1, 0.15) is 25.1 Å². The average Bonchev–Trinajstić information content (AvgIpc) is 2.40. The van der Waals surface area contributed by atoms with Crippen molar-refractivity contribution < 1.29 is 9.53 Å². The Morgan fingerprint density at radius 3 is 2.76 bits per heavy atom. The lowest BCUT2D eigenvalue weighted by molar-refractivity contribution is -0.114. The molecule has 1 aromatic carbocycles. The van der Waals surface area contributed by atoms with Gasteiger partial charge in [-0.25, -0.2) is 0 Å². The van der Waals surface area contributed by atoms with Crippen molar-refractivity contribution in [1.82, 2.24) is 4.98 Å². The third-order valence-electron chi connectivity index (χ3n) is 3.01. The van der Waals surface area contributed by atoms with E-state index in [0.29, 0.717) is 34.6 Å². The van der Waals surface area contributed by atoms with E-state index in [-0.39, 0.29) is 16.9 Å². The van der Waals surface area contributed by atoms with Gasteiger partial charge < -0.3 is 15.0 Å². The number of H-pyrrole nitrogens is 1. The molecule has 0 saturated heterocycles. The molecule has 0 aliphatic carbocycles. The van der Waals surface area contributed by atoms with Crippen molar-refractivity contribution in [3.63, 3.8) is 0 Å². The van der Waals surface area contributed by atoms with Crippen molar-refractivity contribution in [3.8, 4) is 11.8 Å². The number of ether oxygens (including phenoxy) is 1. The van der Waals surface area contributed by atoms with E-state index in [2.05, 4.69) is 10.3 Å². The maximum absolute atomic E-state index is 12.3. The SMILES string of the molecule is CCOc1cc2[nH]c(C)c(C#N)c(=O)c2cc1NC(C)=O. The zero-order valence-electron chi connectivity index (χ0n) is 12.0. The second kappa shape index (κ2) is 5.67. The summed E-state index contributed by atoms with van der Waals surface area (Å²) in [6.45, 7) is 5.30. The first-order chi connectivity index (χ1) is 9.97. The molecule has 108 valence electrons. The van der Waals surface area contributed by atoms with E-state index in [4.69, 9.17) is 10.00 Å². The molecule has 1 heterocycles. The van der Waals surface area contributed by atoms with Crippen LogP contribution in [0.25, 0.3) is 10.9 Å². The van der Waals surface area contributed by atoms with Crippen LogP contribution in [0.5, 0.6) is 5.75 Å². The van der Waals surface area contributed by atoms with E-state index < -0.39 is 0 Å². The molecule has 0 fully saturated rings. The Kier molecular flexibility index (Phi) is 3.94. The molecule has 2 rings (SSSR count). The monoisotopic (exact) mass is 285 g/mol. The lowest BCUT2D eigenvalue weighted by atomic mass is 10.1. The van der Waals surface area contributed by atoms with Crippen molar-refractivity contribution >= 4 is 22.5 Å². The first-order valence-corrected chi connectivity index (χ1v) is 6.49. The molecule has 0 aliphatic rings. The molecular weight excluding hydrogens is 270 g/mol. The molecule has 1 aromatic heterocycles. The average molecular weight is 285 g/mol. The van der Waals surface area contributed by atoms with Crippen LogP contribution in [0.2, 0.25) is 0 Å². The predicted molar refractivity (Wildman–Crippen MR) is 79.5 cm³/mol. The van der Waals surface area contributed by atoms with E-state index in [9.17, 15) is 9.59 Å². The van der Waals surface area contributed by atoms with Crippen LogP contribution >= 0.6 is 0 Å². The Bertz CT molecular complexity index is 815. The van der Waals surface area contributed by atoms with Gasteiger partial charge in [0.05, 0.1) is 17.8 Å². The second-order valence-corrected chi connectivity index (χ2v) is 4.57. The first-order valence-electron chi connectivity index (χ1n) is 6.49. The minimum atomic E-state index is -0.363. The molecule has 6 heteroatoms. The van der Waals surface area contributed by atoms with E-state index in [1.165, 1.54) is 13.0 Å². The maximum Gasteiger partial charge on any atom is 0.221 e. The van der Waals surface area contributed by atoms with Gasteiger partial charge in [-0.2, -0.15) is 5.26 Å². The fourth-order valence-corrected chi connectivity index (χ4v) is 2.14. The number of hydrogen-bond donors (Lipinski definition) is 2. The fraction of sp³-hybridized carbons (Fsp3) is 0.267. The number of pyridine rings is 1. The number of rotatable bonds is 3. The number of fused-ring (bicyclic) bond motifs is 1.